The van der Waals surface area contributed by atoms with Gasteiger partial charge in [0.25, 0.3) is 0 Å². The van der Waals surface area contributed by atoms with Crippen LogP contribution in [0.2, 0.25) is 0 Å². The molecule has 0 unspecified atom stereocenters. The van der Waals surface area contributed by atoms with Crippen molar-refractivity contribution in [2.75, 3.05) is 9.80 Å². The molecule has 0 amide bonds. The van der Waals surface area contributed by atoms with Crippen LogP contribution in [0.1, 0.15) is 0 Å². The average Bonchev–Trinajstić information content (AvgIpc) is 3.14. The quantitative estimate of drug-likeness (QED) is 0.178. The predicted molar refractivity (Wildman–Crippen MR) is 201 cm³/mol. The topological polar surface area (TPSA) is 6.48 Å². The SMILES string of the molecule is c1ccc(-c2ccc(N3c4ccccc4Sc4c3cc3c5c4N(c4ccccc4)c4ccccc4B5c4ccccc4S3)cc2)cc1. The molecule has 7 aromatic rings. The highest BCUT2D eigenvalue weighted by atomic mass is 32.2. The highest BCUT2D eigenvalue weighted by Gasteiger charge is 2.44. The molecule has 0 bridgehead atoms. The standard InChI is InChI=1S/C42H27BN2S2/c1-3-13-28(14-4-1)29-23-25-31(26-24-29)44-35-20-10-12-22-38(35)47-42-36(44)27-39-40-41(42)45(30-15-5-2-6-16-30)34-19-9-7-17-32(34)43(40)33-18-8-11-21-37(33)46-39/h1-27H. The van der Waals surface area contributed by atoms with E-state index in [0.29, 0.717) is 0 Å². The van der Waals surface area contributed by atoms with Gasteiger partial charge in [0, 0.05) is 31.7 Å². The van der Waals surface area contributed by atoms with Crippen LogP contribution in [-0.2, 0) is 0 Å². The van der Waals surface area contributed by atoms with Crippen molar-refractivity contribution in [3.05, 3.63) is 164 Å². The zero-order chi connectivity index (χ0) is 30.9. The molecule has 3 aliphatic rings. The molecule has 0 spiro atoms. The first-order valence-corrected chi connectivity index (χ1v) is 17.6. The Hall–Kier alpha value is -5.10. The summed E-state index contributed by atoms with van der Waals surface area (Å²) in [4.78, 5) is 10.2. The van der Waals surface area contributed by atoms with Gasteiger partial charge in [-0.25, -0.2) is 0 Å². The molecule has 0 saturated carbocycles. The van der Waals surface area contributed by atoms with Crippen molar-refractivity contribution >= 4 is 80.7 Å². The van der Waals surface area contributed by atoms with E-state index in [1.54, 1.807) is 0 Å². The first-order chi connectivity index (χ1) is 23.3. The summed E-state index contributed by atoms with van der Waals surface area (Å²) in [5, 5.41) is 0. The molecule has 0 atom stereocenters. The van der Waals surface area contributed by atoms with Crippen molar-refractivity contribution in [2.45, 2.75) is 19.6 Å². The van der Waals surface area contributed by atoms with Crippen molar-refractivity contribution in [2.24, 2.45) is 0 Å². The van der Waals surface area contributed by atoms with E-state index < -0.39 is 0 Å². The monoisotopic (exact) mass is 634 g/mol. The summed E-state index contributed by atoms with van der Waals surface area (Å²) < 4.78 is 0. The lowest BCUT2D eigenvalue weighted by Crippen LogP contribution is -2.60. The minimum atomic E-state index is 0.162. The second kappa shape index (κ2) is 10.7. The molecule has 10 rings (SSSR count). The second-order valence-electron chi connectivity index (χ2n) is 12.1. The molecular formula is C42H27BN2S2. The molecule has 7 aromatic carbocycles. The normalized spacial score (nSPS) is 13.7. The summed E-state index contributed by atoms with van der Waals surface area (Å²) >= 11 is 3.81. The van der Waals surface area contributed by atoms with E-state index in [1.807, 2.05) is 23.5 Å². The number of anilines is 6. The molecule has 0 radical (unpaired) electrons. The summed E-state index contributed by atoms with van der Waals surface area (Å²) in [6.45, 7) is 0.162. The summed E-state index contributed by atoms with van der Waals surface area (Å²) in [5.41, 5.74) is 13.9. The number of para-hydroxylation sites is 3. The lowest BCUT2D eigenvalue weighted by molar-refractivity contribution is 1.13. The third-order valence-corrected chi connectivity index (χ3v) is 11.8. The highest BCUT2D eigenvalue weighted by Crippen LogP contribution is 2.58. The fraction of sp³-hybridized carbons (Fsp3) is 0. The summed E-state index contributed by atoms with van der Waals surface area (Å²) in [6.07, 6.45) is 0. The van der Waals surface area contributed by atoms with Crippen LogP contribution < -0.4 is 26.2 Å². The van der Waals surface area contributed by atoms with Crippen LogP contribution in [0.5, 0.6) is 0 Å². The van der Waals surface area contributed by atoms with Gasteiger partial charge in [-0.05, 0) is 76.6 Å². The van der Waals surface area contributed by atoms with Gasteiger partial charge in [-0.1, -0.05) is 138 Å². The minimum Gasteiger partial charge on any atom is -0.310 e. The van der Waals surface area contributed by atoms with Crippen molar-refractivity contribution < 1.29 is 0 Å². The molecule has 5 heteroatoms. The Bertz CT molecular complexity index is 2320. The van der Waals surface area contributed by atoms with E-state index in [1.165, 1.54) is 75.5 Å². The highest BCUT2D eigenvalue weighted by molar-refractivity contribution is 8.00. The molecular weight excluding hydrogens is 607 g/mol. The fourth-order valence-corrected chi connectivity index (χ4v) is 9.83. The van der Waals surface area contributed by atoms with Crippen LogP contribution in [0.3, 0.4) is 0 Å². The predicted octanol–water partition coefficient (Wildman–Crippen LogP) is 10.1. The Morgan fingerprint density at radius 3 is 1.79 bits per heavy atom. The molecule has 0 aliphatic carbocycles. The molecule has 47 heavy (non-hydrogen) atoms. The third-order valence-electron chi connectivity index (χ3n) is 9.49. The number of hydrogen-bond donors (Lipinski definition) is 0. The van der Waals surface area contributed by atoms with Gasteiger partial charge >= 0.3 is 0 Å². The first kappa shape index (κ1) is 27.1. The maximum atomic E-state index is 2.52. The Morgan fingerprint density at radius 1 is 0.404 bits per heavy atom. The smallest absolute Gasteiger partial charge is 0.249 e. The Kier molecular flexibility index (Phi) is 6.18. The molecule has 0 N–H and O–H groups in total. The van der Waals surface area contributed by atoms with Crippen molar-refractivity contribution in [3.63, 3.8) is 0 Å². The Balaban J connectivity index is 1.26. The average molecular weight is 635 g/mol. The van der Waals surface area contributed by atoms with E-state index in [-0.39, 0.29) is 6.71 Å². The van der Waals surface area contributed by atoms with Crippen LogP contribution in [0.25, 0.3) is 11.1 Å². The number of benzene rings is 7. The molecule has 0 aromatic heterocycles. The van der Waals surface area contributed by atoms with E-state index in [4.69, 9.17) is 0 Å². The number of rotatable bonds is 3. The maximum Gasteiger partial charge on any atom is 0.249 e. The number of fused-ring (bicyclic) bond motifs is 7. The van der Waals surface area contributed by atoms with E-state index in [2.05, 4.69) is 174 Å². The van der Waals surface area contributed by atoms with Gasteiger partial charge in [-0.3, -0.25) is 0 Å². The Labute approximate surface area is 283 Å². The van der Waals surface area contributed by atoms with Crippen molar-refractivity contribution in [1.29, 1.82) is 0 Å². The van der Waals surface area contributed by atoms with E-state index >= 15 is 0 Å². The third kappa shape index (κ3) is 4.17. The first-order valence-electron chi connectivity index (χ1n) is 16.0. The van der Waals surface area contributed by atoms with Gasteiger partial charge < -0.3 is 9.80 Å². The largest absolute Gasteiger partial charge is 0.310 e. The number of nitrogens with zero attached hydrogens (tertiary/aromatic N) is 2. The van der Waals surface area contributed by atoms with Crippen molar-refractivity contribution in [3.8, 4) is 11.1 Å². The van der Waals surface area contributed by atoms with Gasteiger partial charge in [0.1, 0.15) is 0 Å². The molecule has 2 nitrogen and oxygen atoms in total. The van der Waals surface area contributed by atoms with Crippen LogP contribution in [0.15, 0.2) is 183 Å². The van der Waals surface area contributed by atoms with Crippen LogP contribution >= 0.6 is 23.5 Å². The Morgan fingerprint density at radius 2 is 1.00 bits per heavy atom. The minimum absolute atomic E-state index is 0.162. The summed E-state index contributed by atoms with van der Waals surface area (Å²) in [6, 6.07) is 59.9. The lowest BCUT2D eigenvalue weighted by atomic mass is 9.35. The lowest BCUT2D eigenvalue weighted by Gasteiger charge is -2.44. The van der Waals surface area contributed by atoms with Gasteiger partial charge in [-0.15, -0.1) is 0 Å². The van der Waals surface area contributed by atoms with Gasteiger partial charge in [-0.2, -0.15) is 0 Å². The fourth-order valence-electron chi connectivity index (χ4n) is 7.47. The molecule has 0 saturated heterocycles. The van der Waals surface area contributed by atoms with Gasteiger partial charge in [0.15, 0.2) is 0 Å². The zero-order valence-electron chi connectivity index (χ0n) is 25.4. The second-order valence-corrected chi connectivity index (χ2v) is 14.2. The molecule has 220 valence electrons. The zero-order valence-corrected chi connectivity index (χ0v) is 27.0. The molecule has 3 aliphatic heterocycles. The van der Waals surface area contributed by atoms with E-state index in [9.17, 15) is 0 Å². The maximum absolute atomic E-state index is 2.52. The van der Waals surface area contributed by atoms with Crippen LogP contribution in [0, 0.1) is 0 Å². The van der Waals surface area contributed by atoms with Gasteiger partial charge in [0.05, 0.1) is 22.0 Å². The van der Waals surface area contributed by atoms with Crippen molar-refractivity contribution in [1.82, 2.24) is 0 Å². The summed E-state index contributed by atoms with van der Waals surface area (Å²) in [5.74, 6) is 0. The van der Waals surface area contributed by atoms with Gasteiger partial charge in [0.2, 0.25) is 6.71 Å². The van der Waals surface area contributed by atoms with E-state index in [0.717, 1.165) is 5.69 Å². The summed E-state index contributed by atoms with van der Waals surface area (Å²) in [7, 11) is 0. The molecule has 3 heterocycles. The molecule has 0 fully saturated rings. The number of hydrogen-bond acceptors (Lipinski definition) is 4. The van der Waals surface area contributed by atoms with Crippen LogP contribution in [-0.4, -0.2) is 6.71 Å². The van der Waals surface area contributed by atoms with Crippen LogP contribution in [0.4, 0.5) is 34.1 Å².